The molecule has 0 aliphatic carbocycles. The Bertz CT molecular complexity index is 747. The van der Waals surface area contributed by atoms with Crippen molar-refractivity contribution in [2.45, 2.75) is 12.6 Å². The molecule has 2 amide bonds. The Kier molecular flexibility index (Phi) is 5.35. The van der Waals surface area contributed by atoms with Gasteiger partial charge in [0.25, 0.3) is 5.91 Å². The van der Waals surface area contributed by atoms with E-state index in [1.807, 2.05) is 29.6 Å². The van der Waals surface area contributed by atoms with Crippen LogP contribution in [0.5, 0.6) is 5.75 Å². The van der Waals surface area contributed by atoms with Crippen LogP contribution in [0, 0.1) is 0 Å². The number of rotatable bonds is 4. The van der Waals surface area contributed by atoms with Crippen molar-refractivity contribution in [1.82, 2.24) is 9.80 Å². The zero-order valence-corrected chi connectivity index (χ0v) is 14.7. The van der Waals surface area contributed by atoms with E-state index < -0.39 is 6.10 Å². The molecule has 1 atom stereocenters. The minimum absolute atomic E-state index is 0.0387. The molecule has 0 bridgehead atoms. The fraction of sp³-hybridized carbons (Fsp3) is 0.333. The third kappa shape index (κ3) is 4.00. The van der Waals surface area contributed by atoms with Crippen molar-refractivity contribution in [3.63, 3.8) is 0 Å². The van der Waals surface area contributed by atoms with E-state index in [9.17, 15) is 14.7 Å². The Hall–Kier alpha value is -2.38. The lowest BCUT2D eigenvalue weighted by atomic mass is 10.2. The first kappa shape index (κ1) is 17.4. The maximum atomic E-state index is 12.6. The van der Waals surface area contributed by atoms with Crippen LogP contribution in [-0.2, 0) is 11.3 Å². The highest BCUT2D eigenvalue weighted by atomic mass is 32.1. The summed E-state index contributed by atoms with van der Waals surface area (Å²) in [7, 11) is 1.58. The Balaban J connectivity index is 1.75. The van der Waals surface area contributed by atoms with Gasteiger partial charge < -0.3 is 19.6 Å². The number of β-amino-alcohol motifs (C(OH)–C–C–N with tert-alkyl or cyclic N) is 1. The van der Waals surface area contributed by atoms with Gasteiger partial charge in [0.05, 0.1) is 18.1 Å². The summed E-state index contributed by atoms with van der Waals surface area (Å²) in [6, 6.07) is 11.0. The molecule has 1 saturated heterocycles. The molecular weight excluding hydrogens is 340 g/mol. The van der Waals surface area contributed by atoms with E-state index in [-0.39, 0.29) is 31.4 Å². The highest BCUT2D eigenvalue weighted by molar-refractivity contribution is 7.12. The quantitative estimate of drug-likeness (QED) is 0.899. The third-order valence-electron chi connectivity index (χ3n) is 4.11. The van der Waals surface area contributed by atoms with Crippen molar-refractivity contribution in [1.29, 1.82) is 0 Å². The van der Waals surface area contributed by atoms with Crippen molar-refractivity contribution in [2.75, 3.05) is 26.7 Å². The fourth-order valence-electron chi connectivity index (χ4n) is 2.90. The maximum absolute atomic E-state index is 12.6. The molecular formula is C18H20N2O4S. The van der Waals surface area contributed by atoms with Gasteiger partial charge >= 0.3 is 0 Å². The molecule has 0 saturated carbocycles. The number of aliphatic hydroxyl groups is 1. The molecule has 1 aromatic heterocycles. The van der Waals surface area contributed by atoms with Crippen molar-refractivity contribution in [3.05, 3.63) is 52.2 Å². The van der Waals surface area contributed by atoms with Gasteiger partial charge in [-0.25, -0.2) is 0 Å². The lowest BCUT2D eigenvalue weighted by Crippen LogP contribution is -2.39. The van der Waals surface area contributed by atoms with Gasteiger partial charge in [-0.1, -0.05) is 24.3 Å². The first-order valence-corrected chi connectivity index (χ1v) is 8.87. The number of thiophene rings is 1. The van der Waals surface area contributed by atoms with Crippen molar-refractivity contribution < 1.29 is 19.4 Å². The zero-order valence-electron chi connectivity index (χ0n) is 13.9. The first-order chi connectivity index (χ1) is 12.1. The van der Waals surface area contributed by atoms with E-state index >= 15 is 0 Å². The summed E-state index contributed by atoms with van der Waals surface area (Å²) < 4.78 is 5.32. The van der Waals surface area contributed by atoms with E-state index in [0.29, 0.717) is 17.2 Å². The average Bonchev–Trinajstić information content (AvgIpc) is 3.10. The Labute approximate surface area is 150 Å². The molecule has 25 heavy (non-hydrogen) atoms. The van der Waals surface area contributed by atoms with E-state index in [0.717, 1.165) is 5.56 Å². The number of amides is 2. The van der Waals surface area contributed by atoms with Crippen molar-refractivity contribution in [3.8, 4) is 5.75 Å². The minimum atomic E-state index is -0.787. The van der Waals surface area contributed by atoms with Crippen LogP contribution in [0.25, 0.3) is 0 Å². The Morgan fingerprint density at radius 2 is 2.08 bits per heavy atom. The van der Waals surface area contributed by atoms with E-state index in [1.165, 1.54) is 16.2 Å². The highest BCUT2D eigenvalue weighted by Gasteiger charge is 2.30. The standard InChI is InChI=1S/C18H20N2O4S/c1-24-15-6-3-2-5-13(15)9-19-10-14(21)11-20(12-17(19)22)18(23)16-7-4-8-25-16/h2-8,14,21H,9-12H2,1H3. The Morgan fingerprint density at radius 1 is 1.28 bits per heavy atom. The number of hydrogen-bond donors (Lipinski definition) is 1. The molecule has 0 spiro atoms. The molecule has 7 heteroatoms. The lowest BCUT2D eigenvalue weighted by Gasteiger charge is -2.22. The summed E-state index contributed by atoms with van der Waals surface area (Å²) in [5, 5.41) is 12.1. The normalized spacial score (nSPS) is 18.2. The van der Waals surface area contributed by atoms with Gasteiger partial charge in [-0.2, -0.15) is 0 Å². The van der Waals surface area contributed by atoms with Crippen LogP contribution < -0.4 is 4.74 Å². The molecule has 1 aliphatic rings. The predicted molar refractivity (Wildman–Crippen MR) is 94.6 cm³/mol. The third-order valence-corrected chi connectivity index (χ3v) is 4.97. The molecule has 2 heterocycles. The molecule has 1 aliphatic heterocycles. The first-order valence-electron chi connectivity index (χ1n) is 7.99. The molecule has 1 unspecified atom stereocenters. The number of nitrogens with zero attached hydrogens (tertiary/aromatic N) is 2. The average molecular weight is 360 g/mol. The van der Waals surface area contributed by atoms with Crippen LogP contribution in [-0.4, -0.2) is 59.6 Å². The SMILES string of the molecule is COc1ccccc1CN1CC(O)CN(C(=O)c2cccs2)CC1=O. The molecule has 1 fully saturated rings. The van der Waals surface area contributed by atoms with Crippen LogP contribution in [0.4, 0.5) is 0 Å². The lowest BCUT2D eigenvalue weighted by molar-refractivity contribution is -0.131. The predicted octanol–water partition coefficient (Wildman–Crippen LogP) is 1.60. The zero-order chi connectivity index (χ0) is 17.8. The molecule has 0 radical (unpaired) electrons. The summed E-state index contributed by atoms with van der Waals surface area (Å²) in [5.74, 6) is 0.287. The molecule has 3 rings (SSSR count). The van der Waals surface area contributed by atoms with Gasteiger partial charge in [0.1, 0.15) is 12.3 Å². The maximum Gasteiger partial charge on any atom is 0.264 e. The van der Waals surface area contributed by atoms with E-state index in [1.54, 1.807) is 24.1 Å². The summed E-state index contributed by atoms with van der Waals surface area (Å²) in [4.78, 5) is 28.7. The van der Waals surface area contributed by atoms with Crippen LogP contribution in [0.15, 0.2) is 41.8 Å². The Morgan fingerprint density at radius 3 is 2.80 bits per heavy atom. The van der Waals surface area contributed by atoms with Gasteiger partial charge in [-0.3, -0.25) is 9.59 Å². The van der Waals surface area contributed by atoms with Gasteiger partial charge in [0.15, 0.2) is 0 Å². The number of methoxy groups -OCH3 is 1. The molecule has 2 aromatic rings. The van der Waals surface area contributed by atoms with Gasteiger partial charge in [-0.05, 0) is 17.5 Å². The highest BCUT2D eigenvalue weighted by Crippen LogP contribution is 2.21. The monoisotopic (exact) mass is 360 g/mol. The number of benzene rings is 1. The largest absolute Gasteiger partial charge is 0.496 e. The molecule has 6 nitrogen and oxygen atoms in total. The minimum Gasteiger partial charge on any atom is -0.496 e. The van der Waals surface area contributed by atoms with Gasteiger partial charge in [0.2, 0.25) is 5.91 Å². The summed E-state index contributed by atoms with van der Waals surface area (Å²) in [6.45, 7) is 0.625. The smallest absolute Gasteiger partial charge is 0.264 e. The number of hydrogen-bond acceptors (Lipinski definition) is 5. The van der Waals surface area contributed by atoms with E-state index in [4.69, 9.17) is 4.74 Å². The number of aliphatic hydroxyl groups excluding tert-OH is 1. The number of ether oxygens (including phenoxy) is 1. The van der Waals surface area contributed by atoms with Crippen LogP contribution in [0.2, 0.25) is 0 Å². The van der Waals surface area contributed by atoms with E-state index in [2.05, 4.69) is 0 Å². The number of para-hydroxylation sites is 1. The van der Waals surface area contributed by atoms with Crippen LogP contribution in [0.3, 0.4) is 0 Å². The molecule has 1 N–H and O–H groups in total. The molecule has 132 valence electrons. The van der Waals surface area contributed by atoms with Crippen molar-refractivity contribution >= 4 is 23.2 Å². The summed E-state index contributed by atoms with van der Waals surface area (Å²) in [6.07, 6.45) is -0.787. The van der Waals surface area contributed by atoms with Gasteiger partial charge in [0, 0.05) is 25.2 Å². The number of carbonyl (C=O) groups excluding carboxylic acids is 2. The fourth-order valence-corrected chi connectivity index (χ4v) is 3.59. The van der Waals surface area contributed by atoms with Crippen molar-refractivity contribution in [2.24, 2.45) is 0 Å². The second-order valence-corrected chi connectivity index (χ2v) is 6.85. The summed E-state index contributed by atoms with van der Waals surface area (Å²) >= 11 is 1.33. The van der Waals surface area contributed by atoms with Crippen LogP contribution in [0.1, 0.15) is 15.2 Å². The summed E-state index contributed by atoms with van der Waals surface area (Å²) in [5.41, 5.74) is 0.864. The topological polar surface area (TPSA) is 70.1 Å². The second kappa shape index (κ2) is 7.67. The van der Waals surface area contributed by atoms with Gasteiger partial charge in [-0.15, -0.1) is 11.3 Å². The molecule has 1 aromatic carbocycles. The number of carbonyl (C=O) groups is 2. The van der Waals surface area contributed by atoms with Crippen LogP contribution >= 0.6 is 11.3 Å². The second-order valence-electron chi connectivity index (χ2n) is 5.90.